The third kappa shape index (κ3) is 5.19. The van der Waals surface area contributed by atoms with Crippen LogP contribution in [0.25, 0.3) is 11.2 Å². The molecular formula is C32H32ClFN6O2. The Kier molecular flexibility index (Phi) is 7.81. The van der Waals surface area contributed by atoms with E-state index in [-0.39, 0.29) is 34.3 Å². The number of piperazine rings is 1. The van der Waals surface area contributed by atoms with Gasteiger partial charge in [-0.3, -0.25) is 23.7 Å². The molecule has 0 unspecified atom stereocenters. The monoisotopic (exact) mass is 586 g/mol. The van der Waals surface area contributed by atoms with Crippen molar-refractivity contribution < 1.29 is 4.39 Å². The molecule has 6 rings (SSSR count). The van der Waals surface area contributed by atoms with Gasteiger partial charge in [-0.15, -0.1) is 0 Å². The first-order valence-electron chi connectivity index (χ1n) is 14.0. The molecule has 1 fully saturated rings. The van der Waals surface area contributed by atoms with E-state index in [4.69, 9.17) is 16.6 Å². The maximum absolute atomic E-state index is 14.9. The van der Waals surface area contributed by atoms with Crippen molar-refractivity contribution >= 4 is 22.8 Å². The largest absolute Gasteiger partial charge is 0.332 e. The number of hydrogen-bond donors (Lipinski definition) is 0. The predicted molar refractivity (Wildman–Crippen MR) is 162 cm³/mol. The first-order chi connectivity index (χ1) is 20.3. The van der Waals surface area contributed by atoms with Crippen LogP contribution in [0.5, 0.6) is 0 Å². The maximum Gasteiger partial charge on any atom is 0.332 e. The molecule has 3 aromatic carbocycles. The number of aryl methyl sites for hydroxylation is 1. The van der Waals surface area contributed by atoms with Gasteiger partial charge in [0.1, 0.15) is 11.6 Å². The van der Waals surface area contributed by atoms with Crippen LogP contribution in [-0.4, -0.2) is 54.7 Å². The molecule has 3 heterocycles. The molecule has 2 aromatic heterocycles. The third-order valence-electron chi connectivity index (χ3n) is 8.17. The molecule has 0 spiro atoms. The number of nitrogens with zero attached hydrogens (tertiary/aromatic N) is 6. The van der Waals surface area contributed by atoms with Gasteiger partial charge in [0.25, 0.3) is 5.56 Å². The SMILES string of the molecule is Cn1c(=O)c2c(nc(CN3CCN(C(c4ccccc4)c4ccccc4)CC3)n2Cc2c(F)cccc2Cl)n(C)c1=O. The van der Waals surface area contributed by atoms with E-state index in [9.17, 15) is 14.0 Å². The number of imidazole rings is 1. The lowest BCUT2D eigenvalue weighted by atomic mass is 9.96. The third-order valence-corrected chi connectivity index (χ3v) is 8.53. The van der Waals surface area contributed by atoms with Gasteiger partial charge >= 0.3 is 5.69 Å². The predicted octanol–water partition coefficient (Wildman–Crippen LogP) is 4.18. The normalized spacial score (nSPS) is 14.7. The van der Waals surface area contributed by atoms with E-state index in [1.54, 1.807) is 23.7 Å². The Balaban J connectivity index is 1.32. The highest BCUT2D eigenvalue weighted by atomic mass is 35.5. The van der Waals surface area contributed by atoms with Crippen molar-refractivity contribution in [3.8, 4) is 0 Å². The fourth-order valence-corrected chi connectivity index (χ4v) is 6.11. The molecule has 0 amide bonds. The van der Waals surface area contributed by atoms with E-state index in [1.807, 2.05) is 12.1 Å². The molecule has 0 aliphatic carbocycles. The number of rotatable bonds is 7. The number of benzene rings is 3. The zero-order valence-electron chi connectivity index (χ0n) is 23.6. The molecule has 0 atom stereocenters. The Bertz CT molecular complexity index is 1780. The van der Waals surface area contributed by atoms with Crippen molar-refractivity contribution in [1.29, 1.82) is 0 Å². The lowest BCUT2D eigenvalue weighted by molar-refractivity contribution is 0.102. The summed E-state index contributed by atoms with van der Waals surface area (Å²) in [4.78, 5) is 35.5. The van der Waals surface area contributed by atoms with Gasteiger partial charge in [0.2, 0.25) is 0 Å². The van der Waals surface area contributed by atoms with Crippen LogP contribution in [0.1, 0.15) is 28.6 Å². The van der Waals surface area contributed by atoms with E-state index < -0.39 is 17.1 Å². The summed E-state index contributed by atoms with van der Waals surface area (Å²) >= 11 is 6.39. The van der Waals surface area contributed by atoms with E-state index in [2.05, 4.69) is 58.3 Å². The van der Waals surface area contributed by atoms with Crippen molar-refractivity contribution in [3.63, 3.8) is 0 Å². The molecule has 216 valence electrons. The van der Waals surface area contributed by atoms with E-state index in [0.717, 1.165) is 30.7 Å². The highest BCUT2D eigenvalue weighted by Crippen LogP contribution is 2.30. The van der Waals surface area contributed by atoms with Gasteiger partial charge in [0.15, 0.2) is 11.2 Å². The van der Waals surface area contributed by atoms with E-state index >= 15 is 0 Å². The number of halogens is 2. The molecule has 0 bridgehead atoms. The van der Waals surface area contributed by atoms with Crippen LogP contribution in [0.2, 0.25) is 5.02 Å². The second-order valence-corrected chi connectivity index (χ2v) is 11.1. The molecule has 0 N–H and O–H groups in total. The average Bonchev–Trinajstić information content (AvgIpc) is 3.36. The lowest BCUT2D eigenvalue weighted by Gasteiger charge is -2.39. The topological polar surface area (TPSA) is 68.3 Å². The fraction of sp³-hybridized carbons (Fsp3) is 0.281. The Labute approximate surface area is 247 Å². The van der Waals surface area contributed by atoms with Gasteiger partial charge in [-0.1, -0.05) is 78.3 Å². The first-order valence-corrected chi connectivity index (χ1v) is 14.4. The quantitative estimate of drug-likeness (QED) is 0.286. The highest BCUT2D eigenvalue weighted by molar-refractivity contribution is 6.31. The Morgan fingerprint density at radius 2 is 1.43 bits per heavy atom. The first kappa shape index (κ1) is 28.1. The van der Waals surface area contributed by atoms with Crippen LogP contribution < -0.4 is 11.2 Å². The molecule has 0 radical (unpaired) electrons. The summed E-state index contributed by atoms with van der Waals surface area (Å²) in [5, 5.41) is 0.269. The second-order valence-electron chi connectivity index (χ2n) is 10.7. The zero-order chi connectivity index (χ0) is 29.4. The van der Waals surface area contributed by atoms with Crippen LogP contribution in [0.4, 0.5) is 4.39 Å². The number of aromatic nitrogens is 4. The molecule has 8 nitrogen and oxygen atoms in total. The van der Waals surface area contributed by atoms with E-state index in [1.165, 1.54) is 28.8 Å². The summed E-state index contributed by atoms with van der Waals surface area (Å²) < 4.78 is 19.0. The Morgan fingerprint density at radius 3 is 2.02 bits per heavy atom. The van der Waals surface area contributed by atoms with Crippen LogP contribution in [0.15, 0.2) is 88.5 Å². The van der Waals surface area contributed by atoms with Crippen molar-refractivity contribution in [2.24, 2.45) is 14.1 Å². The van der Waals surface area contributed by atoms with Gasteiger partial charge in [-0.2, -0.15) is 0 Å². The molecule has 1 aliphatic heterocycles. The van der Waals surface area contributed by atoms with E-state index in [0.29, 0.717) is 12.4 Å². The van der Waals surface area contributed by atoms with Gasteiger partial charge in [-0.05, 0) is 23.3 Å². The van der Waals surface area contributed by atoms with Crippen molar-refractivity contribution in [3.05, 3.63) is 133 Å². The summed E-state index contributed by atoms with van der Waals surface area (Å²) in [7, 11) is 3.03. The number of fused-ring (bicyclic) bond motifs is 1. The molecule has 1 saturated heterocycles. The smallest absolute Gasteiger partial charge is 0.316 e. The highest BCUT2D eigenvalue weighted by Gasteiger charge is 2.28. The number of hydrogen-bond acceptors (Lipinski definition) is 5. The van der Waals surface area contributed by atoms with Crippen molar-refractivity contribution in [2.75, 3.05) is 26.2 Å². The van der Waals surface area contributed by atoms with Crippen LogP contribution >= 0.6 is 11.6 Å². The minimum absolute atomic E-state index is 0.0227. The van der Waals surface area contributed by atoms with Gasteiger partial charge in [-0.25, -0.2) is 14.2 Å². The van der Waals surface area contributed by atoms with Gasteiger partial charge in [0, 0.05) is 50.9 Å². The maximum atomic E-state index is 14.9. The van der Waals surface area contributed by atoms with Gasteiger partial charge in [0.05, 0.1) is 19.1 Å². The average molecular weight is 587 g/mol. The van der Waals surface area contributed by atoms with Crippen LogP contribution in [0.3, 0.4) is 0 Å². The minimum atomic E-state index is -0.474. The summed E-state index contributed by atoms with van der Waals surface area (Å²) in [6.07, 6.45) is 0. The zero-order valence-corrected chi connectivity index (χ0v) is 24.3. The molecule has 42 heavy (non-hydrogen) atoms. The van der Waals surface area contributed by atoms with Crippen LogP contribution in [0, 0.1) is 5.82 Å². The minimum Gasteiger partial charge on any atom is -0.316 e. The molecule has 1 aliphatic rings. The fourth-order valence-electron chi connectivity index (χ4n) is 5.89. The van der Waals surface area contributed by atoms with Gasteiger partial charge < -0.3 is 4.57 Å². The van der Waals surface area contributed by atoms with Crippen molar-refractivity contribution in [1.82, 2.24) is 28.5 Å². The molecule has 0 saturated carbocycles. The Morgan fingerprint density at radius 1 is 0.810 bits per heavy atom. The summed E-state index contributed by atoms with van der Waals surface area (Å²) in [6, 6.07) is 25.7. The Hall–Kier alpha value is -4.05. The molecule has 10 heteroatoms. The van der Waals surface area contributed by atoms with Crippen molar-refractivity contribution in [2.45, 2.75) is 19.1 Å². The summed E-state index contributed by atoms with van der Waals surface area (Å²) in [5.74, 6) is 0.122. The van der Waals surface area contributed by atoms with Crippen LogP contribution in [-0.2, 0) is 27.2 Å². The molecular weight excluding hydrogens is 555 g/mol. The lowest BCUT2D eigenvalue weighted by Crippen LogP contribution is -2.47. The second kappa shape index (κ2) is 11.7. The summed E-state index contributed by atoms with van der Waals surface area (Å²) in [6.45, 7) is 3.66. The molecule has 5 aromatic rings. The summed E-state index contributed by atoms with van der Waals surface area (Å²) in [5.41, 5.74) is 2.36. The standard InChI is InChI=1S/C32H32ClFN6O2/c1-36-30-29(31(41)37(2)32(36)42)40(20-24-25(33)14-9-15-26(24)34)27(35-30)21-38-16-18-39(19-17-38)28(22-10-5-3-6-11-22)23-12-7-4-8-13-23/h3-15,28H,16-21H2,1-2H3.